The fraction of sp³-hybridized carbons (Fsp3) is 0.263. The number of rotatable bonds is 6. The molecule has 0 heterocycles. The molecule has 0 radical (unpaired) electrons. The highest BCUT2D eigenvalue weighted by molar-refractivity contribution is 7.92. The van der Waals surface area contributed by atoms with Gasteiger partial charge in [-0.25, -0.2) is 13.2 Å². The summed E-state index contributed by atoms with van der Waals surface area (Å²) in [6.45, 7) is 6.36. The molecule has 0 atom stereocenters. The van der Waals surface area contributed by atoms with Crippen molar-refractivity contribution in [2.24, 2.45) is 0 Å². The van der Waals surface area contributed by atoms with Crippen molar-refractivity contribution < 1.29 is 28.2 Å². The van der Waals surface area contributed by atoms with E-state index in [0.717, 1.165) is 6.07 Å². The second-order valence-electron chi connectivity index (χ2n) is 6.83. The fourth-order valence-corrected chi connectivity index (χ4v) is 3.67. The molecule has 144 valence electrons. The summed E-state index contributed by atoms with van der Waals surface area (Å²) in [6, 6.07) is 8.54. The Morgan fingerprint density at radius 1 is 1.00 bits per heavy atom. The molecule has 0 saturated carbocycles. The SMILES string of the molecule is Cc1cc(S(=O)(=O)Nc2ccc(C(C)(C)C(=O)O)cc2)cc(C(=O)O)c1C. The highest BCUT2D eigenvalue weighted by Gasteiger charge is 2.29. The van der Waals surface area contributed by atoms with E-state index in [1.165, 1.54) is 30.3 Å². The van der Waals surface area contributed by atoms with Crippen LogP contribution in [0.5, 0.6) is 0 Å². The molecule has 8 heteroatoms. The van der Waals surface area contributed by atoms with E-state index in [-0.39, 0.29) is 16.1 Å². The van der Waals surface area contributed by atoms with Crippen LogP contribution >= 0.6 is 0 Å². The second-order valence-corrected chi connectivity index (χ2v) is 8.51. The maximum atomic E-state index is 12.6. The van der Waals surface area contributed by atoms with E-state index < -0.39 is 27.4 Å². The van der Waals surface area contributed by atoms with Gasteiger partial charge in [0, 0.05) is 5.69 Å². The predicted molar refractivity (Wildman–Crippen MR) is 101 cm³/mol. The van der Waals surface area contributed by atoms with Crippen LogP contribution in [0.25, 0.3) is 0 Å². The van der Waals surface area contributed by atoms with Crippen LogP contribution in [-0.4, -0.2) is 30.6 Å². The van der Waals surface area contributed by atoms with E-state index in [1.807, 2.05) is 0 Å². The Bertz CT molecular complexity index is 1010. The number of carboxylic acids is 2. The minimum atomic E-state index is -4.00. The first kappa shape index (κ1) is 20.4. The van der Waals surface area contributed by atoms with Gasteiger partial charge in [0.15, 0.2) is 0 Å². The van der Waals surface area contributed by atoms with Gasteiger partial charge in [-0.05, 0) is 68.7 Å². The fourth-order valence-electron chi connectivity index (χ4n) is 2.50. The topological polar surface area (TPSA) is 121 Å². The summed E-state index contributed by atoms with van der Waals surface area (Å²) in [5.74, 6) is -2.19. The minimum Gasteiger partial charge on any atom is -0.481 e. The number of aliphatic carboxylic acids is 1. The lowest BCUT2D eigenvalue weighted by Gasteiger charge is -2.20. The summed E-state index contributed by atoms with van der Waals surface area (Å²) in [7, 11) is -4.00. The van der Waals surface area contributed by atoms with Crippen molar-refractivity contribution in [1.82, 2.24) is 0 Å². The van der Waals surface area contributed by atoms with E-state index in [9.17, 15) is 28.2 Å². The van der Waals surface area contributed by atoms with E-state index in [1.54, 1.807) is 27.7 Å². The van der Waals surface area contributed by atoms with Gasteiger partial charge >= 0.3 is 11.9 Å². The van der Waals surface area contributed by atoms with Gasteiger partial charge < -0.3 is 10.2 Å². The van der Waals surface area contributed by atoms with E-state index >= 15 is 0 Å². The first-order valence-electron chi connectivity index (χ1n) is 8.07. The molecule has 0 bridgehead atoms. The van der Waals surface area contributed by atoms with E-state index in [0.29, 0.717) is 16.7 Å². The van der Waals surface area contributed by atoms with Crippen molar-refractivity contribution in [2.75, 3.05) is 4.72 Å². The Kier molecular flexibility index (Phi) is 5.33. The van der Waals surface area contributed by atoms with Crippen LogP contribution < -0.4 is 4.72 Å². The van der Waals surface area contributed by atoms with Crippen LogP contribution in [0, 0.1) is 13.8 Å². The van der Waals surface area contributed by atoms with Gasteiger partial charge in [0.25, 0.3) is 10.0 Å². The minimum absolute atomic E-state index is 0.0751. The zero-order valence-corrected chi connectivity index (χ0v) is 16.2. The first-order valence-corrected chi connectivity index (χ1v) is 9.56. The zero-order chi connectivity index (χ0) is 20.6. The summed E-state index contributed by atoms with van der Waals surface area (Å²) < 4.78 is 27.7. The van der Waals surface area contributed by atoms with Crippen molar-refractivity contribution in [3.63, 3.8) is 0 Å². The van der Waals surface area contributed by atoms with Gasteiger partial charge in [0.05, 0.1) is 15.9 Å². The maximum Gasteiger partial charge on any atom is 0.336 e. The summed E-state index contributed by atoms with van der Waals surface area (Å²) in [6.07, 6.45) is 0. The van der Waals surface area contributed by atoms with Crippen LogP contribution in [0.15, 0.2) is 41.3 Å². The third-order valence-electron chi connectivity index (χ3n) is 4.58. The summed E-state index contributed by atoms with van der Waals surface area (Å²) in [5, 5.41) is 18.5. The van der Waals surface area contributed by atoms with Gasteiger partial charge in [0.2, 0.25) is 0 Å². The first-order chi connectivity index (χ1) is 12.4. The molecule has 2 aromatic carbocycles. The Labute approximate surface area is 157 Å². The van der Waals surface area contributed by atoms with Crippen molar-refractivity contribution >= 4 is 27.6 Å². The van der Waals surface area contributed by atoms with Gasteiger partial charge in [0.1, 0.15) is 0 Å². The molecule has 0 amide bonds. The van der Waals surface area contributed by atoms with Gasteiger partial charge in [-0.2, -0.15) is 0 Å². The largest absolute Gasteiger partial charge is 0.481 e. The smallest absolute Gasteiger partial charge is 0.336 e. The number of carboxylic acid groups (broad SMARTS) is 2. The van der Waals surface area contributed by atoms with Gasteiger partial charge in [-0.15, -0.1) is 0 Å². The standard InChI is InChI=1S/C19H21NO6S/c1-11-9-15(10-16(12(11)2)17(21)22)27(25,26)20-14-7-5-13(6-8-14)19(3,4)18(23)24/h5-10,20H,1-4H3,(H,21,22)(H,23,24). The lowest BCUT2D eigenvalue weighted by Crippen LogP contribution is -2.28. The molecule has 3 N–H and O–H groups in total. The highest BCUT2D eigenvalue weighted by atomic mass is 32.2. The third kappa shape index (κ3) is 4.11. The molecule has 0 aliphatic heterocycles. The van der Waals surface area contributed by atoms with Crippen LogP contribution in [0.2, 0.25) is 0 Å². The monoisotopic (exact) mass is 391 g/mol. The van der Waals surface area contributed by atoms with Crippen LogP contribution in [-0.2, 0) is 20.2 Å². The Morgan fingerprint density at radius 3 is 2.04 bits per heavy atom. The van der Waals surface area contributed by atoms with E-state index in [4.69, 9.17) is 0 Å². The molecule has 0 aromatic heterocycles. The Balaban J connectivity index is 2.37. The number of aryl methyl sites for hydroxylation is 1. The molecule has 0 aliphatic carbocycles. The van der Waals surface area contributed by atoms with Crippen LogP contribution in [0.1, 0.15) is 40.9 Å². The van der Waals surface area contributed by atoms with Gasteiger partial charge in [-0.3, -0.25) is 9.52 Å². The van der Waals surface area contributed by atoms with Crippen molar-refractivity contribution in [2.45, 2.75) is 38.0 Å². The number of sulfonamides is 1. The Morgan fingerprint density at radius 2 is 1.56 bits per heavy atom. The van der Waals surface area contributed by atoms with Crippen LogP contribution in [0.3, 0.4) is 0 Å². The molecular formula is C19H21NO6S. The predicted octanol–water partition coefficient (Wildman–Crippen LogP) is 3.16. The maximum absolute atomic E-state index is 12.6. The van der Waals surface area contributed by atoms with Crippen molar-refractivity contribution in [3.05, 3.63) is 58.7 Å². The number of hydrogen-bond donors (Lipinski definition) is 3. The second kappa shape index (κ2) is 7.03. The quantitative estimate of drug-likeness (QED) is 0.695. The molecule has 0 saturated heterocycles. The number of hydrogen-bond acceptors (Lipinski definition) is 4. The number of nitrogens with one attached hydrogen (secondary N) is 1. The number of aromatic carboxylic acids is 1. The zero-order valence-electron chi connectivity index (χ0n) is 15.4. The average molecular weight is 391 g/mol. The lowest BCUT2D eigenvalue weighted by atomic mass is 9.85. The van der Waals surface area contributed by atoms with Gasteiger partial charge in [-0.1, -0.05) is 12.1 Å². The highest BCUT2D eigenvalue weighted by Crippen LogP contribution is 2.26. The Hall–Kier alpha value is -2.87. The van der Waals surface area contributed by atoms with Crippen molar-refractivity contribution in [1.29, 1.82) is 0 Å². The van der Waals surface area contributed by atoms with Crippen molar-refractivity contribution in [3.8, 4) is 0 Å². The third-order valence-corrected chi connectivity index (χ3v) is 5.94. The molecule has 0 fully saturated rings. The normalized spacial score (nSPS) is 11.9. The molecule has 7 nitrogen and oxygen atoms in total. The molecule has 0 aliphatic rings. The van der Waals surface area contributed by atoms with E-state index in [2.05, 4.69) is 4.72 Å². The number of anilines is 1. The molecule has 27 heavy (non-hydrogen) atoms. The summed E-state index contributed by atoms with van der Waals surface area (Å²) in [4.78, 5) is 22.5. The van der Waals surface area contributed by atoms with Crippen LogP contribution in [0.4, 0.5) is 5.69 Å². The average Bonchev–Trinajstić information content (AvgIpc) is 2.56. The summed E-state index contributed by atoms with van der Waals surface area (Å²) >= 11 is 0. The molecular weight excluding hydrogens is 370 g/mol. The molecule has 2 aromatic rings. The molecule has 2 rings (SSSR count). The molecule has 0 unspecified atom stereocenters. The number of carbonyl (C=O) groups is 2. The number of benzene rings is 2. The lowest BCUT2D eigenvalue weighted by molar-refractivity contribution is -0.142. The summed E-state index contributed by atoms with van der Waals surface area (Å²) in [5.41, 5.74) is 0.638. The molecule has 0 spiro atoms.